The van der Waals surface area contributed by atoms with Gasteiger partial charge in [-0.1, -0.05) is 6.07 Å². The molecule has 1 aliphatic carbocycles. The van der Waals surface area contributed by atoms with Gasteiger partial charge < -0.3 is 15.2 Å². The monoisotopic (exact) mass is 599 g/mol. The topological polar surface area (TPSA) is 100 Å². The Kier molecular flexibility index (Phi) is 11.0. The number of carboxylic acid groups (broad SMARTS) is 1. The number of benzene rings is 1. The summed E-state index contributed by atoms with van der Waals surface area (Å²) in [5.74, 6) is -0.198. The number of aromatic nitrogens is 3. The average Bonchev–Trinajstić information content (AvgIpc) is 2.94. The van der Waals surface area contributed by atoms with Gasteiger partial charge >= 0.3 is 5.97 Å². The summed E-state index contributed by atoms with van der Waals surface area (Å²) in [6.45, 7) is 2.41. The number of pyridine rings is 1. The Morgan fingerprint density at radius 2 is 1.92 bits per heavy atom. The van der Waals surface area contributed by atoms with Crippen LogP contribution in [0.15, 0.2) is 53.4 Å². The van der Waals surface area contributed by atoms with Crippen LogP contribution in [0.2, 0.25) is 0 Å². The van der Waals surface area contributed by atoms with Crippen LogP contribution in [-0.2, 0) is 24.1 Å². The molecule has 0 fully saturated rings. The van der Waals surface area contributed by atoms with Gasteiger partial charge in [0.2, 0.25) is 0 Å². The zero-order valence-electron chi connectivity index (χ0n) is 22.0. The third-order valence-corrected chi connectivity index (χ3v) is 7.47. The van der Waals surface area contributed by atoms with Crippen molar-refractivity contribution in [3.05, 3.63) is 76.2 Å². The number of carboxylic acids is 1. The Hall–Kier alpha value is -3.11. The number of aliphatic carboxylic acids is 1. The van der Waals surface area contributed by atoms with E-state index in [0.717, 1.165) is 44.3 Å². The van der Waals surface area contributed by atoms with Crippen LogP contribution < -0.4 is 10.1 Å². The lowest BCUT2D eigenvalue weighted by molar-refractivity contribution is -0.138. The highest BCUT2D eigenvalue weighted by Crippen LogP contribution is 2.21. The fourth-order valence-corrected chi connectivity index (χ4v) is 5.05. The zero-order chi connectivity index (χ0) is 27.5. The summed E-state index contributed by atoms with van der Waals surface area (Å²) < 4.78 is 19.6. The number of halogens is 2. The molecule has 2 heterocycles. The molecule has 8 nitrogen and oxygen atoms in total. The fourth-order valence-electron chi connectivity index (χ4n) is 4.72. The summed E-state index contributed by atoms with van der Waals surface area (Å²) in [6.07, 6.45) is 10.9. The quantitative estimate of drug-likeness (QED) is 0.227. The number of nitrogens with one attached hydrogen (secondary N) is 1. The van der Waals surface area contributed by atoms with Crippen molar-refractivity contribution in [3.63, 3.8) is 0 Å². The molecule has 3 aromatic rings. The van der Waals surface area contributed by atoms with Crippen molar-refractivity contribution in [2.24, 2.45) is 0 Å². The van der Waals surface area contributed by atoms with Crippen molar-refractivity contribution in [2.75, 3.05) is 31.6 Å². The van der Waals surface area contributed by atoms with Gasteiger partial charge in [-0.3, -0.25) is 9.88 Å². The Morgan fingerprint density at radius 1 is 1.10 bits per heavy atom. The molecule has 0 spiro atoms. The van der Waals surface area contributed by atoms with Gasteiger partial charge in [-0.2, -0.15) is 0 Å². The van der Waals surface area contributed by atoms with Crippen molar-refractivity contribution in [1.29, 1.82) is 0 Å². The maximum atomic E-state index is 13.2. The van der Waals surface area contributed by atoms with E-state index in [1.165, 1.54) is 42.6 Å². The lowest BCUT2D eigenvalue weighted by Gasteiger charge is -2.25. The average molecular weight is 601 g/mol. The Morgan fingerprint density at radius 3 is 2.72 bits per heavy atom. The third kappa shape index (κ3) is 9.25. The Bertz CT molecular complexity index is 1210. The minimum absolute atomic E-state index is 0.306. The molecule has 10 heteroatoms. The molecule has 0 unspecified atom stereocenters. The lowest BCUT2D eigenvalue weighted by Crippen LogP contribution is -2.37. The summed E-state index contributed by atoms with van der Waals surface area (Å²) in [5, 5.41) is 12.8. The predicted octanol–water partition coefficient (Wildman–Crippen LogP) is 5.31. The number of unbranched alkanes of at least 4 members (excludes halogenated alkanes) is 1. The molecule has 208 valence electrons. The van der Waals surface area contributed by atoms with Crippen LogP contribution in [0, 0.1) is 5.82 Å². The van der Waals surface area contributed by atoms with Crippen molar-refractivity contribution >= 4 is 27.7 Å². The highest BCUT2D eigenvalue weighted by molar-refractivity contribution is 9.10. The van der Waals surface area contributed by atoms with Crippen LogP contribution in [0.5, 0.6) is 5.75 Å². The molecule has 0 bridgehead atoms. The molecule has 1 aliphatic rings. The van der Waals surface area contributed by atoms with E-state index in [-0.39, 0.29) is 5.82 Å². The van der Waals surface area contributed by atoms with E-state index in [1.807, 2.05) is 0 Å². The molecule has 0 amide bonds. The number of carbonyl (C=O) groups is 1. The minimum Gasteiger partial charge on any atom is -0.492 e. The van der Waals surface area contributed by atoms with Crippen LogP contribution >= 0.6 is 15.9 Å². The van der Waals surface area contributed by atoms with Crippen molar-refractivity contribution < 1.29 is 19.0 Å². The van der Waals surface area contributed by atoms with Gasteiger partial charge in [-0.15, -0.1) is 0 Å². The van der Waals surface area contributed by atoms with E-state index in [1.54, 1.807) is 18.3 Å². The van der Waals surface area contributed by atoms with Crippen LogP contribution in [0.3, 0.4) is 0 Å². The number of ether oxygens (including phenoxy) is 1. The van der Waals surface area contributed by atoms with Crippen molar-refractivity contribution in [1.82, 2.24) is 19.9 Å². The first-order valence-corrected chi connectivity index (χ1v) is 14.3. The summed E-state index contributed by atoms with van der Waals surface area (Å²) in [6, 6.07) is 9.55. The number of nitrogens with zero attached hydrogens (tertiary/aromatic N) is 4. The van der Waals surface area contributed by atoms with Gasteiger partial charge in [-0.25, -0.2) is 19.2 Å². The molecule has 1 aromatic carbocycles. The largest absolute Gasteiger partial charge is 0.492 e. The minimum atomic E-state index is -0.943. The Balaban J connectivity index is 1.30. The van der Waals surface area contributed by atoms with E-state index in [9.17, 15) is 14.3 Å². The second-order valence-electron chi connectivity index (χ2n) is 9.76. The first-order chi connectivity index (χ1) is 19.0. The van der Waals surface area contributed by atoms with E-state index >= 15 is 0 Å². The molecule has 0 radical (unpaired) electrons. The lowest BCUT2D eigenvalue weighted by atomic mass is 9.95. The van der Waals surface area contributed by atoms with Crippen molar-refractivity contribution in [3.8, 4) is 5.75 Å². The first kappa shape index (κ1) is 28.9. The molecule has 2 aromatic heterocycles. The second kappa shape index (κ2) is 14.9. The first-order valence-electron chi connectivity index (χ1n) is 13.5. The molecular formula is C29H35BrFN5O3. The number of rotatable bonds is 15. The SMILES string of the molecule is O=C(O)[C@H](CCN(CCCCc1ccc2c(n1)CCCC2)CCOc1ccc(F)cc1)Nc1ncncc1Br. The molecule has 0 saturated carbocycles. The summed E-state index contributed by atoms with van der Waals surface area (Å²) >= 11 is 3.36. The fraction of sp³-hybridized carbons (Fsp3) is 0.448. The Labute approximate surface area is 237 Å². The summed E-state index contributed by atoms with van der Waals surface area (Å²) in [5.41, 5.74) is 3.81. The molecule has 39 heavy (non-hydrogen) atoms. The van der Waals surface area contributed by atoms with E-state index in [2.05, 4.69) is 48.2 Å². The normalized spacial score (nSPS) is 13.6. The molecule has 4 rings (SSSR count). The zero-order valence-corrected chi connectivity index (χ0v) is 23.6. The number of hydrogen-bond acceptors (Lipinski definition) is 7. The molecule has 0 saturated heterocycles. The van der Waals surface area contributed by atoms with E-state index in [0.29, 0.717) is 42.2 Å². The predicted molar refractivity (Wildman–Crippen MR) is 152 cm³/mol. The van der Waals surface area contributed by atoms with Crippen LogP contribution in [0.25, 0.3) is 0 Å². The van der Waals surface area contributed by atoms with Gasteiger partial charge in [0, 0.05) is 30.7 Å². The number of fused-ring (bicyclic) bond motifs is 1. The molecule has 0 aliphatic heterocycles. The highest BCUT2D eigenvalue weighted by Gasteiger charge is 2.20. The van der Waals surface area contributed by atoms with Gasteiger partial charge in [0.05, 0.1) is 4.47 Å². The smallest absolute Gasteiger partial charge is 0.326 e. The maximum absolute atomic E-state index is 13.2. The van der Waals surface area contributed by atoms with Crippen LogP contribution in [-0.4, -0.2) is 63.2 Å². The molecule has 1 atom stereocenters. The van der Waals surface area contributed by atoms with Gasteiger partial charge in [0.1, 0.15) is 36.4 Å². The van der Waals surface area contributed by atoms with Gasteiger partial charge in [0.15, 0.2) is 0 Å². The summed E-state index contributed by atoms with van der Waals surface area (Å²) in [7, 11) is 0. The molecule has 2 N–H and O–H groups in total. The summed E-state index contributed by atoms with van der Waals surface area (Å²) in [4.78, 5) is 27.1. The third-order valence-electron chi connectivity index (χ3n) is 6.89. The molecular weight excluding hydrogens is 565 g/mol. The van der Waals surface area contributed by atoms with E-state index in [4.69, 9.17) is 9.72 Å². The highest BCUT2D eigenvalue weighted by atomic mass is 79.9. The van der Waals surface area contributed by atoms with Crippen LogP contribution in [0.1, 0.15) is 49.1 Å². The number of hydrogen-bond donors (Lipinski definition) is 2. The standard InChI is InChI=1S/C29H35BrFN5O3/c30-25-19-32-20-33-28(25)35-27(29(37)38)14-16-36(17-18-39-24-12-9-22(31)10-13-24)15-4-3-6-23-11-8-21-5-1-2-7-26(21)34-23/h8-13,19-20,27H,1-7,14-18H2,(H,37,38)(H,32,33,35)/t27-/m0/s1. The van der Waals surface area contributed by atoms with Crippen LogP contribution in [0.4, 0.5) is 10.2 Å². The number of aryl methyl sites for hydroxylation is 3. The number of anilines is 1. The second-order valence-corrected chi connectivity index (χ2v) is 10.6. The van der Waals surface area contributed by atoms with Crippen molar-refractivity contribution in [2.45, 2.75) is 57.4 Å². The maximum Gasteiger partial charge on any atom is 0.326 e. The van der Waals surface area contributed by atoms with Gasteiger partial charge in [-0.05, 0) is 110 Å². The van der Waals surface area contributed by atoms with Gasteiger partial charge in [0.25, 0.3) is 0 Å². The van der Waals surface area contributed by atoms with E-state index < -0.39 is 12.0 Å².